The molecule has 0 radical (unpaired) electrons. The second kappa shape index (κ2) is 10.1. The van der Waals surface area contributed by atoms with Crippen molar-refractivity contribution in [3.8, 4) is 11.5 Å². The van der Waals surface area contributed by atoms with Crippen LogP contribution in [-0.4, -0.2) is 36.6 Å². The summed E-state index contributed by atoms with van der Waals surface area (Å²) in [5, 5.41) is 3.81. The van der Waals surface area contributed by atoms with Gasteiger partial charge < -0.3 is 19.2 Å². The van der Waals surface area contributed by atoms with Gasteiger partial charge in [0, 0.05) is 16.5 Å². The predicted molar refractivity (Wildman–Crippen MR) is 137 cm³/mol. The quantitative estimate of drug-likeness (QED) is 0.388. The number of hydrogen-bond donors (Lipinski definition) is 1. The number of pyridine rings is 1. The van der Waals surface area contributed by atoms with Gasteiger partial charge in [-0.2, -0.15) is 0 Å². The van der Waals surface area contributed by atoms with Crippen molar-refractivity contribution in [1.82, 2.24) is 10.3 Å². The van der Waals surface area contributed by atoms with E-state index in [1.165, 1.54) is 25.4 Å². The van der Waals surface area contributed by atoms with Gasteiger partial charge in [-0.1, -0.05) is 18.2 Å². The molecule has 186 valence electrons. The molecule has 0 aliphatic heterocycles. The van der Waals surface area contributed by atoms with Crippen LogP contribution in [-0.2, 0) is 4.79 Å². The smallest absolute Gasteiger partial charge is 0.259 e. The van der Waals surface area contributed by atoms with Gasteiger partial charge in [-0.3, -0.25) is 19.5 Å². The Kier molecular flexibility index (Phi) is 6.96. The van der Waals surface area contributed by atoms with E-state index in [1.54, 1.807) is 36.5 Å². The monoisotopic (exact) mass is 487 g/mol. The van der Waals surface area contributed by atoms with Crippen molar-refractivity contribution in [1.29, 1.82) is 0 Å². The number of ether oxygens (including phenoxy) is 2. The maximum Gasteiger partial charge on any atom is 0.259 e. The van der Waals surface area contributed by atoms with E-state index in [0.717, 1.165) is 10.9 Å². The molecule has 4 aromatic rings. The molecule has 0 spiro atoms. The number of methoxy groups -OCH3 is 2. The van der Waals surface area contributed by atoms with E-state index in [1.807, 2.05) is 51.1 Å². The highest BCUT2D eigenvalue weighted by Gasteiger charge is 2.37. The van der Waals surface area contributed by atoms with Gasteiger partial charge >= 0.3 is 0 Å². The molecule has 1 unspecified atom stereocenters. The van der Waals surface area contributed by atoms with Crippen molar-refractivity contribution in [2.45, 2.75) is 32.4 Å². The number of aromatic nitrogens is 1. The van der Waals surface area contributed by atoms with Gasteiger partial charge in [-0.15, -0.1) is 0 Å². The molecule has 2 aromatic carbocycles. The van der Waals surface area contributed by atoms with Crippen LogP contribution >= 0.6 is 0 Å². The van der Waals surface area contributed by atoms with Crippen LogP contribution < -0.4 is 19.7 Å². The van der Waals surface area contributed by atoms with Crippen molar-refractivity contribution in [2.75, 3.05) is 19.1 Å². The maximum atomic E-state index is 14.1. The highest BCUT2D eigenvalue weighted by molar-refractivity contribution is 6.10. The average Bonchev–Trinajstić information content (AvgIpc) is 3.39. The first-order chi connectivity index (χ1) is 17.2. The molecule has 1 N–H and O–H groups in total. The maximum absolute atomic E-state index is 14.1. The SMILES string of the molecule is COc1ccc(C(=O)N(c2cnc3ccccc3c2)C(C(=O)NC(C)(C)C)c2ccco2)cc1OC. The number of carbonyl (C=O) groups excluding carboxylic acids is 2. The van der Waals surface area contributed by atoms with Crippen molar-refractivity contribution >= 4 is 28.4 Å². The summed E-state index contributed by atoms with van der Waals surface area (Å²) in [4.78, 5) is 33.7. The molecule has 0 bridgehead atoms. The van der Waals surface area contributed by atoms with E-state index < -0.39 is 17.5 Å². The van der Waals surface area contributed by atoms with E-state index in [0.29, 0.717) is 28.5 Å². The fourth-order valence-corrected chi connectivity index (χ4v) is 3.94. The molecule has 4 rings (SSSR count). The molecular formula is C28H29N3O5. The summed E-state index contributed by atoms with van der Waals surface area (Å²) in [5.74, 6) is 0.381. The largest absolute Gasteiger partial charge is 0.493 e. The Bertz CT molecular complexity index is 1380. The van der Waals surface area contributed by atoms with Gasteiger partial charge in [0.25, 0.3) is 11.8 Å². The molecule has 2 amide bonds. The van der Waals surface area contributed by atoms with Gasteiger partial charge in [0.05, 0.1) is 37.9 Å². The van der Waals surface area contributed by atoms with E-state index in [2.05, 4.69) is 10.3 Å². The molecule has 0 fully saturated rings. The van der Waals surface area contributed by atoms with Gasteiger partial charge in [-0.25, -0.2) is 0 Å². The lowest BCUT2D eigenvalue weighted by Crippen LogP contribution is -2.49. The summed E-state index contributed by atoms with van der Waals surface area (Å²) in [7, 11) is 3.02. The van der Waals surface area contributed by atoms with Crippen LogP contribution in [0.5, 0.6) is 11.5 Å². The minimum Gasteiger partial charge on any atom is -0.493 e. The lowest BCUT2D eigenvalue weighted by molar-refractivity contribution is -0.124. The summed E-state index contributed by atoms with van der Waals surface area (Å²) in [6.45, 7) is 5.63. The molecule has 0 aliphatic carbocycles. The molecule has 0 saturated carbocycles. The van der Waals surface area contributed by atoms with Crippen LogP contribution in [0.2, 0.25) is 0 Å². The van der Waals surface area contributed by atoms with Crippen LogP contribution in [0.3, 0.4) is 0 Å². The summed E-state index contributed by atoms with van der Waals surface area (Å²) >= 11 is 0. The Morgan fingerprint density at radius 1 is 0.972 bits per heavy atom. The van der Waals surface area contributed by atoms with E-state index >= 15 is 0 Å². The minimum atomic E-state index is -1.09. The zero-order valence-corrected chi connectivity index (χ0v) is 20.9. The van der Waals surface area contributed by atoms with Crippen molar-refractivity contribution in [3.63, 3.8) is 0 Å². The summed E-state index contributed by atoms with van der Waals surface area (Å²) in [5.41, 5.74) is 0.982. The standard InChI is InChI=1S/C28H29N3O5/c1-28(2,3)30-26(32)25(23-11-8-14-36-23)31(20-15-18-9-6-7-10-21(18)29-17-20)27(33)19-12-13-22(34-4)24(16-19)35-5/h6-17,25H,1-5H3,(H,30,32). The van der Waals surface area contributed by atoms with E-state index in [4.69, 9.17) is 13.9 Å². The molecular weight excluding hydrogens is 458 g/mol. The van der Waals surface area contributed by atoms with Crippen molar-refractivity contribution < 1.29 is 23.5 Å². The molecule has 0 saturated heterocycles. The lowest BCUT2D eigenvalue weighted by Gasteiger charge is -2.32. The lowest BCUT2D eigenvalue weighted by atomic mass is 10.0. The Morgan fingerprint density at radius 3 is 2.39 bits per heavy atom. The summed E-state index contributed by atoms with van der Waals surface area (Å²) in [6, 6.07) is 16.5. The first kappa shape index (κ1) is 24.8. The first-order valence-corrected chi connectivity index (χ1v) is 11.5. The second-order valence-electron chi connectivity index (χ2n) is 9.29. The number of hydrogen-bond acceptors (Lipinski definition) is 6. The molecule has 0 aliphatic rings. The third-order valence-electron chi connectivity index (χ3n) is 5.52. The number of nitrogens with zero attached hydrogens (tertiary/aromatic N) is 2. The van der Waals surface area contributed by atoms with Crippen LogP contribution in [0.25, 0.3) is 10.9 Å². The fourth-order valence-electron chi connectivity index (χ4n) is 3.94. The number of para-hydroxylation sites is 1. The molecule has 2 aromatic heterocycles. The highest BCUT2D eigenvalue weighted by atomic mass is 16.5. The zero-order valence-electron chi connectivity index (χ0n) is 20.9. The van der Waals surface area contributed by atoms with Gasteiger partial charge in [-0.05, 0) is 63.2 Å². The highest BCUT2D eigenvalue weighted by Crippen LogP contribution is 2.34. The molecule has 8 nitrogen and oxygen atoms in total. The van der Waals surface area contributed by atoms with E-state index in [9.17, 15) is 9.59 Å². The number of furan rings is 1. The van der Waals surface area contributed by atoms with Gasteiger partial charge in [0.1, 0.15) is 5.76 Å². The minimum absolute atomic E-state index is 0.306. The summed E-state index contributed by atoms with van der Waals surface area (Å²) < 4.78 is 16.4. The number of nitrogens with one attached hydrogen (secondary N) is 1. The van der Waals surface area contributed by atoms with Crippen molar-refractivity contribution in [2.24, 2.45) is 0 Å². The number of amides is 2. The van der Waals surface area contributed by atoms with Crippen LogP contribution in [0.4, 0.5) is 5.69 Å². The summed E-state index contributed by atoms with van der Waals surface area (Å²) in [6.07, 6.45) is 3.06. The van der Waals surface area contributed by atoms with Crippen molar-refractivity contribution in [3.05, 3.63) is 84.4 Å². The average molecular weight is 488 g/mol. The number of rotatable bonds is 7. The number of fused-ring (bicyclic) bond motifs is 1. The topological polar surface area (TPSA) is 93.9 Å². The molecule has 2 heterocycles. The van der Waals surface area contributed by atoms with Crippen LogP contribution in [0, 0.1) is 0 Å². The zero-order chi connectivity index (χ0) is 25.9. The normalized spacial score (nSPS) is 12.1. The first-order valence-electron chi connectivity index (χ1n) is 11.5. The molecule has 8 heteroatoms. The van der Waals surface area contributed by atoms with Gasteiger partial charge in [0.2, 0.25) is 0 Å². The number of anilines is 1. The fraction of sp³-hybridized carbons (Fsp3) is 0.250. The van der Waals surface area contributed by atoms with Crippen LogP contribution in [0.1, 0.15) is 42.9 Å². The Balaban J connectivity index is 1.90. The molecule has 1 atom stereocenters. The number of carbonyl (C=O) groups is 2. The third-order valence-corrected chi connectivity index (χ3v) is 5.52. The van der Waals surface area contributed by atoms with Crippen LogP contribution in [0.15, 0.2) is 77.5 Å². The number of benzene rings is 2. The second-order valence-corrected chi connectivity index (χ2v) is 9.29. The van der Waals surface area contributed by atoms with Gasteiger partial charge in [0.15, 0.2) is 17.5 Å². The Morgan fingerprint density at radius 2 is 1.72 bits per heavy atom. The molecule has 36 heavy (non-hydrogen) atoms. The predicted octanol–water partition coefficient (Wildman–Crippen LogP) is 5.15. The Hall–Kier alpha value is -4.33. The third kappa shape index (κ3) is 5.17. The van der Waals surface area contributed by atoms with E-state index in [-0.39, 0.29) is 5.91 Å². The Labute approximate surface area is 209 Å².